The zero-order valence-electron chi connectivity index (χ0n) is 14.4. The number of anilines is 5. The second-order valence-electron chi connectivity index (χ2n) is 5.74. The van der Waals surface area contributed by atoms with Crippen molar-refractivity contribution < 1.29 is 4.79 Å². The molecule has 3 N–H and O–H groups in total. The van der Waals surface area contributed by atoms with Crippen molar-refractivity contribution in [1.82, 2.24) is 9.97 Å². The lowest BCUT2D eigenvalue weighted by Crippen LogP contribution is -2.06. The van der Waals surface area contributed by atoms with Gasteiger partial charge in [-0.3, -0.25) is 4.79 Å². The summed E-state index contributed by atoms with van der Waals surface area (Å²) in [5, 5.41) is 9.77. The number of benzene rings is 2. The Balaban J connectivity index is 1.80. The molecule has 1 heterocycles. The largest absolute Gasteiger partial charge is 0.340 e. The molecular formula is C19H18ClN5O. The van der Waals surface area contributed by atoms with Gasteiger partial charge in [0.25, 0.3) is 0 Å². The van der Waals surface area contributed by atoms with Gasteiger partial charge in [0, 0.05) is 40.8 Å². The summed E-state index contributed by atoms with van der Waals surface area (Å²) in [4.78, 5) is 20.1. The van der Waals surface area contributed by atoms with Crippen LogP contribution < -0.4 is 16.0 Å². The van der Waals surface area contributed by atoms with Gasteiger partial charge in [0.2, 0.25) is 11.9 Å². The van der Waals surface area contributed by atoms with Gasteiger partial charge in [-0.15, -0.1) is 0 Å². The van der Waals surface area contributed by atoms with Gasteiger partial charge in [0.15, 0.2) is 0 Å². The summed E-state index contributed by atoms with van der Waals surface area (Å²) >= 11 is 6.02. The van der Waals surface area contributed by atoms with Crippen LogP contribution in [-0.2, 0) is 4.79 Å². The van der Waals surface area contributed by atoms with Crippen molar-refractivity contribution in [2.24, 2.45) is 0 Å². The van der Waals surface area contributed by atoms with Crippen LogP contribution >= 0.6 is 11.6 Å². The lowest BCUT2D eigenvalue weighted by atomic mass is 10.2. The maximum absolute atomic E-state index is 11.2. The molecule has 0 atom stereocenters. The first-order valence-corrected chi connectivity index (χ1v) is 8.39. The molecule has 0 saturated carbocycles. The van der Waals surface area contributed by atoms with Gasteiger partial charge in [0.05, 0.1) is 0 Å². The van der Waals surface area contributed by atoms with E-state index < -0.39 is 0 Å². The lowest BCUT2D eigenvalue weighted by Gasteiger charge is -2.11. The number of halogens is 1. The minimum absolute atomic E-state index is 0.123. The molecule has 1 aromatic heterocycles. The molecule has 0 radical (unpaired) electrons. The summed E-state index contributed by atoms with van der Waals surface area (Å²) < 4.78 is 0. The Bertz CT molecular complexity index is 945. The highest BCUT2D eigenvalue weighted by Gasteiger charge is 2.05. The second-order valence-corrected chi connectivity index (χ2v) is 6.18. The van der Waals surface area contributed by atoms with Gasteiger partial charge in [-0.05, 0) is 43.3 Å². The van der Waals surface area contributed by atoms with Crippen LogP contribution in [0.2, 0.25) is 5.02 Å². The maximum atomic E-state index is 11.2. The van der Waals surface area contributed by atoms with Crippen LogP contribution in [0.4, 0.5) is 28.8 Å². The highest BCUT2D eigenvalue weighted by molar-refractivity contribution is 6.30. The highest BCUT2D eigenvalue weighted by atomic mass is 35.5. The predicted molar refractivity (Wildman–Crippen MR) is 106 cm³/mol. The summed E-state index contributed by atoms with van der Waals surface area (Å²) in [7, 11) is 0. The third kappa shape index (κ3) is 4.94. The molecule has 0 saturated heterocycles. The van der Waals surface area contributed by atoms with E-state index >= 15 is 0 Å². The van der Waals surface area contributed by atoms with E-state index in [1.165, 1.54) is 6.92 Å². The Morgan fingerprint density at radius 3 is 2.35 bits per heavy atom. The molecule has 3 aromatic rings. The average molecular weight is 368 g/mol. The molecule has 0 aliphatic carbocycles. The Hall–Kier alpha value is -3.12. The fraction of sp³-hybridized carbons (Fsp3) is 0.105. The number of rotatable bonds is 5. The van der Waals surface area contributed by atoms with Gasteiger partial charge in [-0.2, -0.15) is 4.98 Å². The van der Waals surface area contributed by atoms with E-state index in [4.69, 9.17) is 11.6 Å². The van der Waals surface area contributed by atoms with Gasteiger partial charge in [-0.25, -0.2) is 4.98 Å². The SMILES string of the molecule is CC(=O)Nc1cccc(Nc2nc(C)cc(Nc3cccc(Cl)c3)n2)c1. The minimum atomic E-state index is -0.123. The van der Waals surface area contributed by atoms with Crippen LogP contribution in [-0.4, -0.2) is 15.9 Å². The average Bonchev–Trinajstić information content (AvgIpc) is 2.54. The maximum Gasteiger partial charge on any atom is 0.229 e. The predicted octanol–water partition coefficient (Wildman–Crippen LogP) is 4.88. The smallest absolute Gasteiger partial charge is 0.229 e. The first kappa shape index (κ1) is 17.7. The molecule has 0 spiro atoms. The number of nitrogens with zero attached hydrogens (tertiary/aromatic N) is 2. The molecular weight excluding hydrogens is 350 g/mol. The first-order chi connectivity index (χ1) is 12.5. The van der Waals surface area contributed by atoms with Crippen LogP contribution in [0.15, 0.2) is 54.6 Å². The molecule has 2 aromatic carbocycles. The zero-order valence-corrected chi connectivity index (χ0v) is 15.1. The van der Waals surface area contributed by atoms with E-state index in [9.17, 15) is 4.79 Å². The number of aromatic nitrogens is 2. The summed E-state index contributed by atoms with van der Waals surface area (Å²) in [6.45, 7) is 3.36. The molecule has 0 aliphatic rings. The molecule has 1 amide bonds. The molecule has 3 rings (SSSR count). The summed E-state index contributed by atoms with van der Waals surface area (Å²) in [5.74, 6) is 0.983. The van der Waals surface area contributed by atoms with Crippen LogP contribution in [0, 0.1) is 6.92 Å². The summed E-state index contributed by atoms with van der Waals surface area (Å²) in [6, 6.07) is 16.6. The van der Waals surface area contributed by atoms with E-state index in [2.05, 4.69) is 25.9 Å². The fourth-order valence-electron chi connectivity index (χ4n) is 2.41. The molecule has 0 fully saturated rings. The number of hydrogen-bond donors (Lipinski definition) is 3. The Morgan fingerprint density at radius 2 is 1.62 bits per heavy atom. The van der Waals surface area contributed by atoms with Gasteiger partial charge >= 0.3 is 0 Å². The van der Waals surface area contributed by atoms with E-state index in [1.807, 2.05) is 61.5 Å². The second kappa shape index (κ2) is 7.84. The molecule has 7 heteroatoms. The van der Waals surface area contributed by atoms with E-state index in [-0.39, 0.29) is 5.91 Å². The van der Waals surface area contributed by atoms with Crippen molar-refractivity contribution in [1.29, 1.82) is 0 Å². The molecule has 6 nitrogen and oxygen atoms in total. The minimum Gasteiger partial charge on any atom is -0.340 e. The molecule has 0 aliphatic heterocycles. The zero-order chi connectivity index (χ0) is 18.5. The quantitative estimate of drug-likeness (QED) is 0.598. The Kier molecular flexibility index (Phi) is 5.34. The number of amides is 1. The summed E-state index contributed by atoms with van der Waals surface area (Å²) in [5.41, 5.74) is 3.13. The topological polar surface area (TPSA) is 78.9 Å². The Labute approximate surface area is 156 Å². The van der Waals surface area contributed by atoms with Gasteiger partial charge in [-0.1, -0.05) is 23.7 Å². The van der Waals surface area contributed by atoms with E-state index in [0.717, 1.165) is 17.1 Å². The number of carbonyl (C=O) groups excluding carboxylic acids is 1. The van der Waals surface area contributed by atoms with Crippen LogP contribution in [0.3, 0.4) is 0 Å². The number of hydrogen-bond acceptors (Lipinski definition) is 5. The van der Waals surface area contributed by atoms with Crippen LogP contribution in [0.25, 0.3) is 0 Å². The van der Waals surface area contributed by atoms with E-state index in [1.54, 1.807) is 0 Å². The highest BCUT2D eigenvalue weighted by Crippen LogP contribution is 2.22. The third-order valence-electron chi connectivity index (χ3n) is 3.39. The number of nitrogens with one attached hydrogen (secondary N) is 3. The monoisotopic (exact) mass is 367 g/mol. The molecule has 132 valence electrons. The summed E-state index contributed by atoms with van der Waals surface area (Å²) in [6.07, 6.45) is 0. The van der Waals surface area contributed by atoms with E-state index in [0.29, 0.717) is 22.5 Å². The third-order valence-corrected chi connectivity index (χ3v) is 3.63. The first-order valence-electron chi connectivity index (χ1n) is 8.01. The van der Waals surface area contributed by atoms with Crippen molar-refractivity contribution in [3.63, 3.8) is 0 Å². The van der Waals surface area contributed by atoms with Gasteiger partial charge in [0.1, 0.15) is 5.82 Å². The van der Waals surface area contributed by atoms with Gasteiger partial charge < -0.3 is 16.0 Å². The van der Waals surface area contributed by atoms with Crippen molar-refractivity contribution >= 4 is 46.3 Å². The number of carbonyl (C=O) groups is 1. The lowest BCUT2D eigenvalue weighted by molar-refractivity contribution is -0.114. The van der Waals surface area contributed by atoms with Crippen LogP contribution in [0.5, 0.6) is 0 Å². The fourth-order valence-corrected chi connectivity index (χ4v) is 2.60. The van der Waals surface area contributed by atoms with Crippen molar-refractivity contribution in [2.45, 2.75) is 13.8 Å². The van der Waals surface area contributed by atoms with Crippen molar-refractivity contribution in [2.75, 3.05) is 16.0 Å². The van der Waals surface area contributed by atoms with Crippen LogP contribution in [0.1, 0.15) is 12.6 Å². The van der Waals surface area contributed by atoms with Crippen molar-refractivity contribution in [3.8, 4) is 0 Å². The molecule has 0 bridgehead atoms. The number of aryl methyl sites for hydroxylation is 1. The molecule has 0 unspecified atom stereocenters. The standard InChI is InChI=1S/C19H18ClN5O/c1-12-9-18(23-15-6-3-5-14(20)10-15)25-19(21-12)24-17-8-4-7-16(11-17)22-13(2)26/h3-11H,1-2H3,(H,22,26)(H2,21,23,24,25). The normalized spacial score (nSPS) is 10.3. The van der Waals surface area contributed by atoms with Crippen molar-refractivity contribution in [3.05, 3.63) is 65.3 Å². The molecule has 26 heavy (non-hydrogen) atoms. The Morgan fingerprint density at radius 1 is 0.923 bits per heavy atom.